The van der Waals surface area contributed by atoms with E-state index >= 15 is 0 Å². The summed E-state index contributed by atoms with van der Waals surface area (Å²) in [5.74, 6) is 1.67. The van der Waals surface area contributed by atoms with Crippen molar-refractivity contribution in [1.29, 1.82) is 0 Å². The molecule has 0 radical (unpaired) electrons. The molecule has 0 heterocycles. The number of hydrogen-bond acceptors (Lipinski definition) is 1. The Morgan fingerprint density at radius 3 is 2.38 bits per heavy atom. The summed E-state index contributed by atoms with van der Waals surface area (Å²) in [4.78, 5) is 0. The van der Waals surface area contributed by atoms with E-state index in [1.165, 1.54) is 16.7 Å². The first-order valence-electron chi connectivity index (χ1n) is 5.85. The minimum absolute atomic E-state index is 0.597. The van der Waals surface area contributed by atoms with Gasteiger partial charge in [-0.1, -0.05) is 35.0 Å². The van der Waals surface area contributed by atoms with Gasteiger partial charge in [0.05, 0.1) is 6.61 Å². The molecule has 0 saturated heterocycles. The van der Waals surface area contributed by atoms with E-state index in [0.717, 1.165) is 24.1 Å². The molecule has 1 nitrogen and oxygen atoms in total. The maximum atomic E-state index is 5.96. The van der Waals surface area contributed by atoms with Crippen LogP contribution in [0.15, 0.2) is 12.1 Å². The molecule has 0 spiro atoms. The number of benzene rings is 1. The third-order valence-corrected chi connectivity index (χ3v) is 4.05. The zero-order chi connectivity index (χ0) is 12.1. The highest BCUT2D eigenvalue weighted by Crippen LogP contribution is 2.26. The van der Waals surface area contributed by atoms with Crippen molar-refractivity contribution >= 4 is 15.9 Å². The highest BCUT2D eigenvalue weighted by atomic mass is 79.9. The first-order chi connectivity index (χ1) is 7.60. The highest BCUT2D eigenvalue weighted by Gasteiger charge is 2.09. The van der Waals surface area contributed by atoms with E-state index < -0.39 is 0 Å². The van der Waals surface area contributed by atoms with E-state index in [1.807, 2.05) is 0 Å². The van der Waals surface area contributed by atoms with Crippen molar-refractivity contribution in [2.75, 3.05) is 11.9 Å². The van der Waals surface area contributed by atoms with Gasteiger partial charge < -0.3 is 4.74 Å². The van der Waals surface area contributed by atoms with E-state index in [-0.39, 0.29) is 0 Å². The lowest BCUT2D eigenvalue weighted by molar-refractivity contribution is 0.257. The summed E-state index contributed by atoms with van der Waals surface area (Å²) in [5, 5.41) is 1.01. The normalized spacial score (nSPS) is 12.6. The van der Waals surface area contributed by atoms with E-state index in [1.54, 1.807) is 0 Å². The molecule has 90 valence electrons. The van der Waals surface area contributed by atoms with Crippen molar-refractivity contribution in [3.8, 4) is 5.75 Å². The van der Waals surface area contributed by atoms with Gasteiger partial charge in [0.15, 0.2) is 0 Å². The molecule has 0 aliphatic carbocycles. The lowest BCUT2D eigenvalue weighted by atomic mass is 10.1. The monoisotopic (exact) mass is 284 g/mol. The van der Waals surface area contributed by atoms with Crippen molar-refractivity contribution in [3.63, 3.8) is 0 Å². The second-order valence-corrected chi connectivity index (χ2v) is 5.04. The van der Waals surface area contributed by atoms with Gasteiger partial charge in [0.1, 0.15) is 5.75 Å². The second kappa shape index (κ2) is 6.29. The van der Waals surface area contributed by atoms with Gasteiger partial charge in [0, 0.05) is 11.2 Å². The maximum Gasteiger partial charge on any atom is 0.125 e. The third kappa shape index (κ3) is 3.24. The summed E-state index contributed by atoms with van der Waals surface area (Å²) in [6, 6.07) is 4.28. The Morgan fingerprint density at radius 2 is 1.81 bits per heavy atom. The summed E-state index contributed by atoms with van der Waals surface area (Å²) < 4.78 is 5.96. The quantitative estimate of drug-likeness (QED) is 0.728. The Kier molecular flexibility index (Phi) is 5.33. The number of alkyl halides is 1. The molecule has 0 saturated carbocycles. The van der Waals surface area contributed by atoms with Crippen molar-refractivity contribution < 1.29 is 4.74 Å². The number of halogens is 1. The fourth-order valence-corrected chi connectivity index (χ4v) is 2.27. The zero-order valence-corrected chi connectivity index (χ0v) is 12.2. The molecule has 1 rings (SSSR count). The lowest BCUT2D eigenvalue weighted by Gasteiger charge is -2.17. The first kappa shape index (κ1) is 13.6. The smallest absolute Gasteiger partial charge is 0.125 e. The molecule has 0 fully saturated rings. The van der Waals surface area contributed by atoms with Crippen LogP contribution in [0.2, 0.25) is 0 Å². The Bertz CT molecular complexity index is 343. The Balaban J connectivity index is 2.77. The second-order valence-electron chi connectivity index (χ2n) is 4.39. The summed E-state index contributed by atoms with van der Waals surface area (Å²) in [5.41, 5.74) is 3.80. The molecule has 1 aromatic rings. The van der Waals surface area contributed by atoms with Crippen LogP contribution in [0.3, 0.4) is 0 Å². The molecule has 0 aliphatic heterocycles. The highest BCUT2D eigenvalue weighted by molar-refractivity contribution is 9.09. The molecule has 0 bridgehead atoms. The molecule has 0 aliphatic rings. The molecule has 1 unspecified atom stereocenters. The van der Waals surface area contributed by atoms with E-state index in [9.17, 15) is 0 Å². The van der Waals surface area contributed by atoms with E-state index in [0.29, 0.717) is 5.92 Å². The first-order valence-corrected chi connectivity index (χ1v) is 6.97. The largest absolute Gasteiger partial charge is 0.493 e. The Morgan fingerprint density at radius 1 is 1.19 bits per heavy atom. The van der Waals surface area contributed by atoms with Crippen LogP contribution in [0.5, 0.6) is 5.75 Å². The van der Waals surface area contributed by atoms with Gasteiger partial charge in [-0.2, -0.15) is 0 Å². The van der Waals surface area contributed by atoms with Gasteiger partial charge >= 0.3 is 0 Å². The number of aryl methyl sites for hydroxylation is 2. The topological polar surface area (TPSA) is 9.23 Å². The van der Waals surface area contributed by atoms with Crippen LogP contribution in [0.1, 0.15) is 30.0 Å². The minimum Gasteiger partial charge on any atom is -0.493 e. The number of hydrogen-bond donors (Lipinski definition) is 0. The molecular weight excluding hydrogens is 264 g/mol. The average Bonchev–Trinajstić information content (AvgIpc) is 2.29. The molecular formula is C14H21BrO. The minimum atomic E-state index is 0.597. The van der Waals surface area contributed by atoms with Crippen molar-refractivity contribution in [1.82, 2.24) is 0 Å². The molecule has 1 aromatic carbocycles. The molecule has 1 atom stereocenters. The van der Waals surface area contributed by atoms with E-state index in [2.05, 4.69) is 55.8 Å². The van der Waals surface area contributed by atoms with Gasteiger partial charge in [-0.15, -0.1) is 0 Å². The zero-order valence-electron chi connectivity index (χ0n) is 10.6. The summed E-state index contributed by atoms with van der Waals surface area (Å²) >= 11 is 3.52. The van der Waals surface area contributed by atoms with E-state index in [4.69, 9.17) is 4.74 Å². The van der Waals surface area contributed by atoms with Crippen molar-refractivity contribution in [3.05, 3.63) is 28.8 Å². The van der Waals surface area contributed by atoms with Crippen LogP contribution in [0.25, 0.3) is 0 Å². The van der Waals surface area contributed by atoms with Gasteiger partial charge in [-0.3, -0.25) is 0 Å². The van der Waals surface area contributed by atoms with Crippen molar-refractivity contribution in [2.45, 2.75) is 34.1 Å². The SMILES string of the molecule is CCC(CBr)COc1c(C)ccc(C)c1C. The van der Waals surface area contributed by atoms with Crippen LogP contribution in [0.4, 0.5) is 0 Å². The summed E-state index contributed by atoms with van der Waals surface area (Å²) in [7, 11) is 0. The molecule has 2 heteroatoms. The van der Waals surface area contributed by atoms with Crippen LogP contribution in [-0.4, -0.2) is 11.9 Å². The van der Waals surface area contributed by atoms with Gasteiger partial charge in [0.25, 0.3) is 0 Å². The number of rotatable bonds is 5. The van der Waals surface area contributed by atoms with Crippen molar-refractivity contribution in [2.24, 2.45) is 5.92 Å². The molecule has 0 aromatic heterocycles. The average molecular weight is 285 g/mol. The third-order valence-electron chi connectivity index (χ3n) is 3.13. The number of ether oxygens (including phenoxy) is 1. The summed E-state index contributed by atoms with van der Waals surface area (Å²) in [6.45, 7) is 9.37. The van der Waals surface area contributed by atoms with Crippen LogP contribution < -0.4 is 4.74 Å². The molecule has 0 amide bonds. The standard InChI is InChI=1S/C14H21BrO/c1-5-13(8-15)9-16-14-11(3)7-6-10(2)12(14)4/h6-7,13H,5,8-9H2,1-4H3. The Hall–Kier alpha value is -0.500. The fraction of sp³-hybridized carbons (Fsp3) is 0.571. The van der Waals surface area contributed by atoms with Crippen LogP contribution >= 0.6 is 15.9 Å². The molecule has 0 N–H and O–H groups in total. The predicted molar refractivity (Wildman–Crippen MR) is 73.7 cm³/mol. The van der Waals surface area contributed by atoms with Gasteiger partial charge in [-0.05, 0) is 43.9 Å². The van der Waals surface area contributed by atoms with Crippen LogP contribution in [-0.2, 0) is 0 Å². The maximum absolute atomic E-state index is 5.96. The molecule has 16 heavy (non-hydrogen) atoms. The fourth-order valence-electron chi connectivity index (χ4n) is 1.62. The Labute approximate surface area is 107 Å². The lowest BCUT2D eigenvalue weighted by Crippen LogP contribution is -2.13. The predicted octanol–water partition coefficient (Wildman–Crippen LogP) is 4.41. The van der Waals surface area contributed by atoms with Gasteiger partial charge in [-0.25, -0.2) is 0 Å². The summed E-state index contributed by atoms with van der Waals surface area (Å²) in [6.07, 6.45) is 1.15. The van der Waals surface area contributed by atoms with Crippen LogP contribution in [0, 0.1) is 26.7 Å². The van der Waals surface area contributed by atoms with Gasteiger partial charge in [0.2, 0.25) is 0 Å².